The second-order valence-corrected chi connectivity index (χ2v) is 8.49. The van der Waals surface area contributed by atoms with Crippen LogP contribution in [0.15, 0.2) is 40.2 Å². The third kappa shape index (κ3) is 3.39. The molecule has 0 aliphatic heterocycles. The lowest BCUT2D eigenvalue weighted by atomic mass is 9.91. The lowest BCUT2D eigenvalue weighted by Crippen LogP contribution is -2.09. The fourth-order valence-electron chi connectivity index (χ4n) is 4.21. The van der Waals surface area contributed by atoms with Crippen LogP contribution in [0.5, 0.6) is 0 Å². The second kappa shape index (κ2) is 6.95. The largest absolute Gasteiger partial charge is 0.456 e. The predicted molar refractivity (Wildman–Crippen MR) is 105 cm³/mol. The number of allylic oxidation sites excluding steroid dienone is 1. The highest BCUT2D eigenvalue weighted by molar-refractivity contribution is 7.97. The van der Waals surface area contributed by atoms with Crippen LogP contribution < -0.4 is 4.72 Å². The quantitative estimate of drug-likeness (QED) is 0.671. The molecule has 0 bridgehead atoms. The van der Waals surface area contributed by atoms with Crippen molar-refractivity contribution in [1.82, 2.24) is 4.72 Å². The normalized spacial score (nSPS) is 15.5. The number of fused-ring (bicyclic) bond motifs is 2. The van der Waals surface area contributed by atoms with E-state index in [1.54, 1.807) is 27.8 Å². The standard InChI is InChI=1S/C22H27NOS/c1-14(2)18-12-22(24-13-18)25-23-15(3)10-21-19-8-4-6-16(19)11-17-7-5-9-20(17)21/h11-14,23H,3-10H2,1-2H3. The van der Waals surface area contributed by atoms with Crippen LogP contribution in [0.25, 0.3) is 0 Å². The molecular formula is C22H27NOS. The highest BCUT2D eigenvalue weighted by Crippen LogP contribution is 2.36. The van der Waals surface area contributed by atoms with E-state index in [1.807, 2.05) is 6.26 Å². The molecule has 1 heterocycles. The van der Waals surface area contributed by atoms with Crippen molar-refractivity contribution < 1.29 is 4.42 Å². The Kier molecular flexibility index (Phi) is 4.68. The zero-order valence-electron chi connectivity index (χ0n) is 15.3. The number of rotatable bonds is 6. The Balaban J connectivity index is 1.46. The van der Waals surface area contributed by atoms with Gasteiger partial charge in [0.15, 0.2) is 5.09 Å². The van der Waals surface area contributed by atoms with E-state index >= 15 is 0 Å². The monoisotopic (exact) mass is 353 g/mol. The molecule has 0 saturated heterocycles. The fraction of sp³-hybridized carbons (Fsp3) is 0.455. The van der Waals surface area contributed by atoms with Crippen molar-refractivity contribution in [3.63, 3.8) is 0 Å². The van der Waals surface area contributed by atoms with Crippen LogP contribution in [0, 0.1) is 0 Å². The van der Waals surface area contributed by atoms with Crippen LogP contribution >= 0.6 is 11.9 Å². The van der Waals surface area contributed by atoms with Crippen LogP contribution in [0.3, 0.4) is 0 Å². The van der Waals surface area contributed by atoms with E-state index < -0.39 is 0 Å². The van der Waals surface area contributed by atoms with E-state index in [1.165, 1.54) is 56.0 Å². The number of furan rings is 1. The summed E-state index contributed by atoms with van der Waals surface area (Å²) in [6.07, 6.45) is 10.4. The first-order valence-electron chi connectivity index (χ1n) is 9.46. The third-order valence-corrected chi connectivity index (χ3v) is 6.35. The molecule has 0 atom stereocenters. The van der Waals surface area contributed by atoms with Crippen molar-refractivity contribution in [3.05, 3.63) is 64.1 Å². The van der Waals surface area contributed by atoms with Gasteiger partial charge in [0.05, 0.1) is 6.26 Å². The molecule has 2 aliphatic rings. The van der Waals surface area contributed by atoms with E-state index in [4.69, 9.17) is 4.42 Å². The maximum atomic E-state index is 5.63. The van der Waals surface area contributed by atoms with Gasteiger partial charge in [0.2, 0.25) is 0 Å². The van der Waals surface area contributed by atoms with E-state index in [0.717, 1.165) is 17.2 Å². The van der Waals surface area contributed by atoms with Gasteiger partial charge in [-0.2, -0.15) is 0 Å². The van der Waals surface area contributed by atoms with Crippen LogP contribution in [0.1, 0.15) is 66.0 Å². The Morgan fingerprint density at radius 3 is 2.40 bits per heavy atom. The summed E-state index contributed by atoms with van der Waals surface area (Å²) in [5.74, 6) is 0.496. The minimum atomic E-state index is 0.496. The van der Waals surface area contributed by atoms with Gasteiger partial charge in [-0.3, -0.25) is 0 Å². The summed E-state index contributed by atoms with van der Waals surface area (Å²) >= 11 is 1.54. The zero-order chi connectivity index (χ0) is 17.4. The molecule has 25 heavy (non-hydrogen) atoms. The highest BCUT2D eigenvalue weighted by Gasteiger charge is 2.24. The molecule has 2 aliphatic carbocycles. The van der Waals surface area contributed by atoms with E-state index in [9.17, 15) is 0 Å². The number of aryl methyl sites for hydroxylation is 2. The molecule has 1 N–H and O–H groups in total. The average Bonchev–Trinajstić information content (AvgIpc) is 3.32. The molecular weight excluding hydrogens is 326 g/mol. The van der Waals surface area contributed by atoms with Gasteiger partial charge in [0.1, 0.15) is 0 Å². The predicted octanol–water partition coefficient (Wildman–Crippen LogP) is 5.73. The summed E-state index contributed by atoms with van der Waals surface area (Å²) in [7, 11) is 0. The lowest BCUT2D eigenvalue weighted by molar-refractivity contribution is 0.471. The molecule has 0 spiro atoms. The minimum Gasteiger partial charge on any atom is -0.456 e. The number of nitrogens with one attached hydrogen (secondary N) is 1. The first-order valence-corrected chi connectivity index (χ1v) is 10.3. The van der Waals surface area contributed by atoms with Crippen LogP contribution in [-0.2, 0) is 32.1 Å². The Morgan fingerprint density at radius 2 is 1.80 bits per heavy atom. The van der Waals surface area contributed by atoms with Crippen molar-refractivity contribution >= 4 is 11.9 Å². The first kappa shape index (κ1) is 16.8. The van der Waals surface area contributed by atoms with Crippen molar-refractivity contribution in [2.24, 2.45) is 0 Å². The summed E-state index contributed by atoms with van der Waals surface area (Å²) in [4.78, 5) is 0. The Labute approximate surface area is 155 Å². The number of hydrogen-bond donors (Lipinski definition) is 1. The summed E-state index contributed by atoms with van der Waals surface area (Å²) in [6.45, 7) is 8.65. The van der Waals surface area contributed by atoms with Gasteiger partial charge < -0.3 is 9.14 Å². The zero-order valence-corrected chi connectivity index (χ0v) is 16.1. The molecule has 0 radical (unpaired) electrons. The molecule has 132 valence electrons. The summed E-state index contributed by atoms with van der Waals surface area (Å²) in [6, 6.07) is 4.61. The van der Waals surface area contributed by atoms with Gasteiger partial charge in [-0.1, -0.05) is 26.5 Å². The smallest absolute Gasteiger partial charge is 0.180 e. The lowest BCUT2D eigenvalue weighted by Gasteiger charge is -2.16. The number of hydrogen-bond acceptors (Lipinski definition) is 3. The van der Waals surface area contributed by atoms with Crippen molar-refractivity contribution in [2.45, 2.75) is 69.8 Å². The van der Waals surface area contributed by atoms with E-state index in [2.05, 4.69) is 37.3 Å². The summed E-state index contributed by atoms with van der Waals surface area (Å²) in [5.41, 5.74) is 10.3. The van der Waals surface area contributed by atoms with Gasteiger partial charge in [-0.05, 0) is 83.9 Å². The molecule has 0 unspecified atom stereocenters. The van der Waals surface area contributed by atoms with E-state index in [0.29, 0.717) is 5.92 Å². The molecule has 2 nitrogen and oxygen atoms in total. The van der Waals surface area contributed by atoms with Crippen molar-refractivity contribution in [2.75, 3.05) is 0 Å². The third-order valence-electron chi connectivity index (χ3n) is 5.55. The summed E-state index contributed by atoms with van der Waals surface area (Å²) < 4.78 is 9.04. The Morgan fingerprint density at radius 1 is 1.12 bits per heavy atom. The second-order valence-electron chi connectivity index (χ2n) is 7.68. The Bertz CT molecular complexity index is 770. The minimum absolute atomic E-state index is 0.496. The van der Waals surface area contributed by atoms with Gasteiger partial charge in [0.25, 0.3) is 0 Å². The van der Waals surface area contributed by atoms with Crippen LogP contribution in [0.2, 0.25) is 0 Å². The molecule has 2 aromatic rings. The van der Waals surface area contributed by atoms with E-state index in [-0.39, 0.29) is 0 Å². The van der Waals surface area contributed by atoms with Crippen molar-refractivity contribution in [3.8, 4) is 0 Å². The maximum Gasteiger partial charge on any atom is 0.180 e. The topological polar surface area (TPSA) is 25.2 Å². The van der Waals surface area contributed by atoms with Crippen LogP contribution in [0.4, 0.5) is 0 Å². The molecule has 0 saturated carbocycles. The van der Waals surface area contributed by atoms with Gasteiger partial charge in [-0.15, -0.1) is 0 Å². The summed E-state index contributed by atoms with van der Waals surface area (Å²) in [5, 5.41) is 0.911. The Hall–Kier alpha value is -1.61. The first-order chi connectivity index (χ1) is 12.1. The maximum absolute atomic E-state index is 5.63. The highest BCUT2D eigenvalue weighted by atomic mass is 32.2. The molecule has 3 heteroatoms. The average molecular weight is 354 g/mol. The van der Waals surface area contributed by atoms with Gasteiger partial charge in [-0.25, -0.2) is 0 Å². The fourth-order valence-corrected chi connectivity index (χ4v) is 4.81. The van der Waals surface area contributed by atoms with Crippen molar-refractivity contribution in [1.29, 1.82) is 0 Å². The number of benzene rings is 1. The van der Waals surface area contributed by atoms with Crippen LogP contribution in [-0.4, -0.2) is 0 Å². The molecule has 4 rings (SSSR count). The SMILES string of the molecule is C=C(Cc1c2c(cc3c1CCC3)CCC2)NSc1cc(C(C)C)co1. The van der Waals surface area contributed by atoms with Gasteiger partial charge in [0, 0.05) is 24.1 Å². The van der Waals surface area contributed by atoms with Gasteiger partial charge >= 0.3 is 0 Å². The molecule has 1 aromatic carbocycles. The molecule has 0 amide bonds. The molecule has 1 aromatic heterocycles. The molecule has 0 fully saturated rings.